The molecule has 1 rings (SSSR count). The van der Waals surface area contributed by atoms with E-state index >= 15 is 0 Å². The van der Waals surface area contributed by atoms with Crippen LogP contribution in [-0.4, -0.2) is 50.6 Å². The Balaban J connectivity index is 2.06. The lowest BCUT2D eigenvalue weighted by molar-refractivity contribution is -0.140. The number of hydrogen-bond acceptors (Lipinski definition) is 4. The Morgan fingerprint density at radius 3 is 2.86 bits per heavy atom. The molecule has 0 fully saturated rings. The summed E-state index contributed by atoms with van der Waals surface area (Å²) in [6.45, 7) is 1.81. The summed E-state index contributed by atoms with van der Waals surface area (Å²) in [7, 11) is 3.28. The molecule has 0 saturated heterocycles. The lowest BCUT2D eigenvalue weighted by Crippen LogP contribution is -2.36. The van der Waals surface area contributed by atoms with E-state index in [0.29, 0.717) is 25.9 Å². The summed E-state index contributed by atoms with van der Waals surface area (Å²) in [6, 6.07) is 0. The highest BCUT2D eigenvalue weighted by atomic mass is 16.5. The number of rotatable bonds is 9. The minimum atomic E-state index is -0.200. The molecule has 120 valence electrons. The standard InChI is InChI=1S/C16H28N2O3/c1-18(12-6-9-16(20)21-2)13-15(19)17-11-10-14-7-4-3-5-8-14/h7H,3-6,8-13H2,1-2H3,(H,17,19). The van der Waals surface area contributed by atoms with Gasteiger partial charge in [0, 0.05) is 13.0 Å². The van der Waals surface area contributed by atoms with Gasteiger partial charge in [-0.05, 0) is 52.1 Å². The molecule has 5 nitrogen and oxygen atoms in total. The Labute approximate surface area is 127 Å². The lowest BCUT2D eigenvalue weighted by Gasteiger charge is -2.16. The number of allylic oxidation sites excluding steroid dienone is 1. The van der Waals surface area contributed by atoms with E-state index in [1.807, 2.05) is 11.9 Å². The van der Waals surface area contributed by atoms with E-state index in [4.69, 9.17) is 0 Å². The third-order valence-electron chi connectivity index (χ3n) is 3.72. The maximum absolute atomic E-state index is 11.8. The monoisotopic (exact) mass is 296 g/mol. The van der Waals surface area contributed by atoms with E-state index in [9.17, 15) is 9.59 Å². The van der Waals surface area contributed by atoms with Crippen molar-refractivity contribution >= 4 is 11.9 Å². The SMILES string of the molecule is COC(=O)CCCN(C)CC(=O)NCCC1=CCCCC1. The van der Waals surface area contributed by atoms with E-state index in [1.165, 1.54) is 38.4 Å². The van der Waals surface area contributed by atoms with Crippen molar-refractivity contribution in [3.8, 4) is 0 Å². The zero-order valence-corrected chi connectivity index (χ0v) is 13.3. The van der Waals surface area contributed by atoms with E-state index in [1.54, 1.807) is 0 Å². The van der Waals surface area contributed by atoms with Gasteiger partial charge in [0.1, 0.15) is 0 Å². The molecule has 21 heavy (non-hydrogen) atoms. The molecule has 1 aliphatic rings. The second-order valence-electron chi connectivity index (χ2n) is 5.63. The summed E-state index contributed by atoms with van der Waals surface area (Å²) < 4.78 is 4.58. The number of carbonyl (C=O) groups excluding carboxylic acids is 2. The fraction of sp³-hybridized carbons (Fsp3) is 0.750. The van der Waals surface area contributed by atoms with Gasteiger partial charge in [-0.25, -0.2) is 0 Å². The molecule has 0 radical (unpaired) electrons. The van der Waals surface area contributed by atoms with Crippen LogP contribution in [0.15, 0.2) is 11.6 Å². The number of esters is 1. The van der Waals surface area contributed by atoms with Crippen molar-refractivity contribution in [3.05, 3.63) is 11.6 Å². The molecule has 5 heteroatoms. The van der Waals surface area contributed by atoms with Gasteiger partial charge in [-0.3, -0.25) is 14.5 Å². The van der Waals surface area contributed by atoms with Gasteiger partial charge < -0.3 is 10.1 Å². The van der Waals surface area contributed by atoms with Gasteiger partial charge in [0.25, 0.3) is 0 Å². The van der Waals surface area contributed by atoms with E-state index in [2.05, 4.69) is 16.1 Å². The van der Waals surface area contributed by atoms with Crippen molar-refractivity contribution in [2.24, 2.45) is 0 Å². The summed E-state index contributed by atoms with van der Waals surface area (Å²) in [6.07, 6.45) is 9.34. The Kier molecular flexibility index (Phi) is 8.74. The van der Waals surface area contributed by atoms with Gasteiger partial charge >= 0.3 is 5.97 Å². The summed E-state index contributed by atoms with van der Waals surface area (Å²) in [5.74, 6) is -0.152. The number of likely N-dealkylation sites (N-methyl/N-ethyl adjacent to an activating group) is 1. The van der Waals surface area contributed by atoms with Gasteiger partial charge in [0.2, 0.25) is 5.91 Å². The average Bonchev–Trinajstić information content (AvgIpc) is 2.48. The summed E-state index contributed by atoms with van der Waals surface area (Å²) in [5.41, 5.74) is 1.48. The molecule has 0 aromatic rings. The number of methoxy groups -OCH3 is 1. The van der Waals surface area contributed by atoms with Crippen LogP contribution >= 0.6 is 0 Å². The van der Waals surface area contributed by atoms with Crippen molar-refractivity contribution < 1.29 is 14.3 Å². The maximum atomic E-state index is 11.8. The Bertz CT molecular complexity index is 367. The van der Waals surface area contributed by atoms with Crippen LogP contribution in [0.4, 0.5) is 0 Å². The van der Waals surface area contributed by atoms with Crippen LogP contribution in [-0.2, 0) is 14.3 Å². The molecule has 0 aromatic carbocycles. The van der Waals surface area contributed by atoms with E-state index in [0.717, 1.165) is 13.0 Å². The number of nitrogens with one attached hydrogen (secondary N) is 1. The fourth-order valence-electron chi connectivity index (χ4n) is 2.47. The summed E-state index contributed by atoms with van der Waals surface area (Å²) in [5, 5.41) is 2.96. The topological polar surface area (TPSA) is 58.6 Å². The minimum absolute atomic E-state index is 0.0481. The third-order valence-corrected chi connectivity index (χ3v) is 3.72. The normalized spacial score (nSPS) is 14.7. The van der Waals surface area contributed by atoms with Crippen LogP contribution in [0, 0.1) is 0 Å². The highest BCUT2D eigenvalue weighted by Crippen LogP contribution is 2.19. The molecular weight excluding hydrogens is 268 g/mol. The Morgan fingerprint density at radius 2 is 2.19 bits per heavy atom. The molecule has 0 aromatic heterocycles. The van der Waals surface area contributed by atoms with Crippen LogP contribution in [0.3, 0.4) is 0 Å². The molecule has 0 atom stereocenters. The van der Waals surface area contributed by atoms with Crippen molar-refractivity contribution in [2.45, 2.75) is 44.9 Å². The smallest absolute Gasteiger partial charge is 0.305 e. The third kappa shape index (κ3) is 8.50. The second-order valence-corrected chi connectivity index (χ2v) is 5.63. The van der Waals surface area contributed by atoms with E-state index in [-0.39, 0.29) is 11.9 Å². The highest BCUT2D eigenvalue weighted by Gasteiger charge is 2.08. The molecule has 1 amide bonds. The first-order valence-electron chi connectivity index (χ1n) is 7.81. The number of amides is 1. The van der Waals surface area contributed by atoms with Crippen LogP contribution in [0.1, 0.15) is 44.9 Å². The first-order valence-corrected chi connectivity index (χ1v) is 7.81. The number of hydrogen-bond donors (Lipinski definition) is 1. The molecule has 0 spiro atoms. The summed E-state index contributed by atoms with van der Waals surface area (Å²) >= 11 is 0. The summed E-state index contributed by atoms with van der Waals surface area (Å²) in [4.78, 5) is 24.7. The number of carbonyl (C=O) groups is 2. The first kappa shape index (κ1) is 17.7. The van der Waals surface area contributed by atoms with Crippen molar-refractivity contribution in [1.29, 1.82) is 0 Å². The highest BCUT2D eigenvalue weighted by molar-refractivity contribution is 5.78. The van der Waals surface area contributed by atoms with E-state index < -0.39 is 0 Å². The molecule has 1 N–H and O–H groups in total. The van der Waals surface area contributed by atoms with Gasteiger partial charge in [0.05, 0.1) is 13.7 Å². The van der Waals surface area contributed by atoms with Crippen molar-refractivity contribution in [1.82, 2.24) is 10.2 Å². The molecule has 0 saturated carbocycles. The van der Waals surface area contributed by atoms with Crippen molar-refractivity contribution in [2.75, 3.05) is 33.8 Å². The van der Waals surface area contributed by atoms with Crippen LogP contribution < -0.4 is 5.32 Å². The first-order chi connectivity index (χ1) is 10.1. The Hall–Kier alpha value is -1.36. The average molecular weight is 296 g/mol. The fourth-order valence-corrected chi connectivity index (χ4v) is 2.47. The van der Waals surface area contributed by atoms with Crippen molar-refractivity contribution in [3.63, 3.8) is 0 Å². The number of ether oxygens (including phenoxy) is 1. The molecule has 0 aliphatic heterocycles. The zero-order chi connectivity index (χ0) is 15.5. The zero-order valence-electron chi connectivity index (χ0n) is 13.3. The van der Waals surface area contributed by atoms with Crippen LogP contribution in [0.2, 0.25) is 0 Å². The Morgan fingerprint density at radius 1 is 1.38 bits per heavy atom. The predicted octanol–water partition coefficient (Wildman–Crippen LogP) is 1.88. The van der Waals surface area contributed by atoms with Gasteiger partial charge in [-0.15, -0.1) is 0 Å². The maximum Gasteiger partial charge on any atom is 0.305 e. The van der Waals surface area contributed by atoms with Crippen LogP contribution in [0.25, 0.3) is 0 Å². The number of nitrogens with zero attached hydrogens (tertiary/aromatic N) is 1. The van der Waals surface area contributed by atoms with Gasteiger partial charge in [-0.2, -0.15) is 0 Å². The lowest BCUT2D eigenvalue weighted by atomic mass is 9.97. The minimum Gasteiger partial charge on any atom is -0.469 e. The molecule has 0 bridgehead atoms. The largest absolute Gasteiger partial charge is 0.469 e. The van der Waals surface area contributed by atoms with Gasteiger partial charge in [0.15, 0.2) is 0 Å². The molecule has 1 aliphatic carbocycles. The second kappa shape index (κ2) is 10.4. The quantitative estimate of drug-likeness (QED) is 0.521. The molecular formula is C16H28N2O3. The molecule has 0 heterocycles. The predicted molar refractivity (Wildman–Crippen MR) is 82.9 cm³/mol. The van der Waals surface area contributed by atoms with Crippen LogP contribution in [0.5, 0.6) is 0 Å². The molecule has 0 unspecified atom stereocenters. The van der Waals surface area contributed by atoms with Gasteiger partial charge in [-0.1, -0.05) is 11.6 Å².